The van der Waals surface area contributed by atoms with Crippen LogP contribution in [0.1, 0.15) is 6.92 Å². The Morgan fingerprint density at radius 2 is 2.50 bits per heavy atom. The maximum Gasteiger partial charge on any atom is 0.410 e. The molecule has 2 atom stereocenters. The molecule has 0 N–H and O–H groups in total. The van der Waals surface area contributed by atoms with Gasteiger partial charge in [-0.1, -0.05) is 5.11 Å². The van der Waals surface area contributed by atoms with Crippen molar-refractivity contribution in [2.75, 3.05) is 13.6 Å². The van der Waals surface area contributed by atoms with Crippen LogP contribution in [-0.2, 0) is 4.74 Å². The minimum absolute atomic E-state index is 0.0250. The summed E-state index contributed by atoms with van der Waals surface area (Å²) in [6.45, 7) is 2.05. The van der Waals surface area contributed by atoms with Crippen LogP contribution in [0.4, 0.5) is 4.79 Å². The van der Waals surface area contributed by atoms with Crippen molar-refractivity contribution in [3.05, 3.63) is 10.4 Å². The summed E-state index contributed by atoms with van der Waals surface area (Å²) in [6.07, 6.45) is -0.668. The number of nitrogens with zero attached hydrogens (tertiary/aromatic N) is 4. The first kappa shape index (κ1) is 8.67. The van der Waals surface area contributed by atoms with Crippen LogP contribution < -0.4 is 0 Å². The molecule has 0 unspecified atom stereocenters. The second-order valence-electron chi connectivity index (χ2n) is 2.69. The molecule has 1 aliphatic rings. The average Bonchev–Trinajstić information content (AvgIpc) is 2.30. The first-order valence-corrected chi connectivity index (χ1v) is 3.61. The number of amides is 1. The van der Waals surface area contributed by atoms with E-state index in [9.17, 15) is 4.79 Å². The molecule has 1 rings (SSSR count). The number of cyclic esters (lactones) is 1. The second kappa shape index (κ2) is 3.32. The Morgan fingerprint density at radius 1 is 1.83 bits per heavy atom. The number of hydrogen-bond donors (Lipinski definition) is 0. The van der Waals surface area contributed by atoms with Crippen molar-refractivity contribution >= 4 is 6.09 Å². The summed E-state index contributed by atoms with van der Waals surface area (Å²) in [5, 5.41) is 3.35. The standard InChI is InChI=1S/C6H10N4O2/c1-4-5(3-8-9-7)12-6(11)10(4)2/h4-5H,3H2,1-2H3/t4-,5-/m0/s1. The SMILES string of the molecule is C[C@H]1[C@H](CN=[N+]=[N-])OC(=O)N1C. The highest BCUT2D eigenvalue weighted by molar-refractivity contribution is 5.70. The van der Waals surface area contributed by atoms with E-state index in [1.165, 1.54) is 4.90 Å². The van der Waals surface area contributed by atoms with Crippen molar-refractivity contribution in [3.8, 4) is 0 Å². The third-order valence-electron chi connectivity index (χ3n) is 2.01. The van der Waals surface area contributed by atoms with Crippen molar-refractivity contribution in [2.24, 2.45) is 5.11 Å². The smallest absolute Gasteiger partial charge is 0.410 e. The Kier molecular flexibility index (Phi) is 2.40. The van der Waals surface area contributed by atoms with E-state index < -0.39 is 0 Å². The van der Waals surface area contributed by atoms with Gasteiger partial charge in [-0.15, -0.1) is 0 Å². The first-order valence-electron chi connectivity index (χ1n) is 3.61. The Bertz CT molecular complexity index is 234. The number of likely N-dealkylation sites (N-methyl/N-ethyl adjacent to an activating group) is 1. The summed E-state index contributed by atoms with van der Waals surface area (Å²) in [7, 11) is 1.66. The van der Waals surface area contributed by atoms with Crippen LogP contribution in [0, 0.1) is 0 Å². The van der Waals surface area contributed by atoms with Gasteiger partial charge in [0.2, 0.25) is 0 Å². The molecule has 6 nitrogen and oxygen atoms in total. The van der Waals surface area contributed by atoms with Crippen LogP contribution in [0.2, 0.25) is 0 Å². The quantitative estimate of drug-likeness (QED) is 0.354. The van der Waals surface area contributed by atoms with Gasteiger partial charge in [0, 0.05) is 12.0 Å². The van der Waals surface area contributed by atoms with Gasteiger partial charge in [-0.05, 0) is 12.5 Å². The van der Waals surface area contributed by atoms with E-state index in [0.717, 1.165) is 0 Å². The van der Waals surface area contributed by atoms with Crippen LogP contribution >= 0.6 is 0 Å². The van der Waals surface area contributed by atoms with E-state index in [1.807, 2.05) is 6.92 Å². The maximum atomic E-state index is 10.9. The molecular formula is C6H10N4O2. The van der Waals surface area contributed by atoms with Gasteiger partial charge in [0.1, 0.15) is 6.10 Å². The predicted molar refractivity (Wildman–Crippen MR) is 41.5 cm³/mol. The van der Waals surface area contributed by atoms with Crippen LogP contribution in [-0.4, -0.2) is 36.7 Å². The molecule has 0 bridgehead atoms. The summed E-state index contributed by atoms with van der Waals surface area (Å²) >= 11 is 0. The van der Waals surface area contributed by atoms with E-state index in [-0.39, 0.29) is 24.8 Å². The van der Waals surface area contributed by atoms with Crippen molar-refractivity contribution in [3.63, 3.8) is 0 Å². The molecule has 1 fully saturated rings. The Balaban J connectivity index is 2.58. The maximum absolute atomic E-state index is 10.9. The van der Waals surface area contributed by atoms with Gasteiger partial charge in [0.25, 0.3) is 0 Å². The third-order valence-corrected chi connectivity index (χ3v) is 2.01. The second-order valence-corrected chi connectivity index (χ2v) is 2.69. The molecule has 1 amide bonds. The molecule has 6 heteroatoms. The number of carbonyl (C=O) groups excluding carboxylic acids is 1. The normalized spacial score (nSPS) is 28.2. The van der Waals surface area contributed by atoms with E-state index in [2.05, 4.69) is 10.0 Å². The lowest BCUT2D eigenvalue weighted by molar-refractivity contribution is 0.134. The molecule has 1 heterocycles. The number of rotatable bonds is 2. The number of carbonyl (C=O) groups is 1. The van der Waals surface area contributed by atoms with Crippen LogP contribution in [0.3, 0.4) is 0 Å². The van der Waals surface area contributed by atoms with Gasteiger partial charge >= 0.3 is 6.09 Å². The van der Waals surface area contributed by atoms with Crippen molar-refractivity contribution < 1.29 is 9.53 Å². The summed E-state index contributed by atoms with van der Waals surface area (Å²) in [5.41, 5.74) is 8.05. The number of azide groups is 1. The fourth-order valence-corrected chi connectivity index (χ4v) is 1.03. The molecule has 1 saturated heterocycles. The zero-order chi connectivity index (χ0) is 9.14. The zero-order valence-electron chi connectivity index (χ0n) is 6.97. The molecular weight excluding hydrogens is 160 g/mol. The van der Waals surface area contributed by atoms with Gasteiger partial charge in [-0.3, -0.25) is 0 Å². The lowest BCUT2D eigenvalue weighted by Gasteiger charge is -2.13. The lowest BCUT2D eigenvalue weighted by atomic mass is 10.2. The minimum Gasteiger partial charge on any atom is -0.444 e. The molecule has 0 saturated carbocycles. The Hall–Kier alpha value is -1.42. The monoisotopic (exact) mass is 170 g/mol. The fourth-order valence-electron chi connectivity index (χ4n) is 1.03. The highest BCUT2D eigenvalue weighted by Crippen LogP contribution is 2.16. The highest BCUT2D eigenvalue weighted by Gasteiger charge is 2.35. The minimum atomic E-state index is -0.361. The van der Waals surface area contributed by atoms with Gasteiger partial charge in [-0.25, -0.2) is 4.79 Å². The summed E-state index contributed by atoms with van der Waals surface area (Å²) < 4.78 is 4.91. The number of ether oxygens (including phenoxy) is 1. The van der Waals surface area contributed by atoms with Crippen LogP contribution in [0.5, 0.6) is 0 Å². The van der Waals surface area contributed by atoms with Gasteiger partial charge < -0.3 is 9.64 Å². The zero-order valence-corrected chi connectivity index (χ0v) is 6.97. The van der Waals surface area contributed by atoms with Gasteiger partial charge in [0.05, 0.1) is 12.6 Å². The first-order chi connectivity index (χ1) is 5.66. The van der Waals surface area contributed by atoms with Gasteiger partial charge in [-0.2, -0.15) is 0 Å². The molecule has 0 spiro atoms. The topological polar surface area (TPSA) is 78.3 Å². The van der Waals surface area contributed by atoms with Gasteiger partial charge in [0.15, 0.2) is 0 Å². The Morgan fingerprint density at radius 3 is 2.92 bits per heavy atom. The fraction of sp³-hybridized carbons (Fsp3) is 0.833. The molecule has 0 aromatic rings. The third kappa shape index (κ3) is 1.43. The van der Waals surface area contributed by atoms with Crippen LogP contribution in [0.25, 0.3) is 10.4 Å². The molecule has 0 aliphatic carbocycles. The summed E-state index contributed by atoms with van der Waals surface area (Å²) in [4.78, 5) is 15.0. The molecule has 12 heavy (non-hydrogen) atoms. The average molecular weight is 170 g/mol. The van der Waals surface area contributed by atoms with Crippen molar-refractivity contribution in [2.45, 2.75) is 19.1 Å². The molecule has 0 aromatic carbocycles. The van der Waals surface area contributed by atoms with E-state index in [0.29, 0.717) is 0 Å². The molecule has 0 radical (unpaired) electrons. The van der Waals surface area contributed by atoms with E-state index in [4.69, 9.17) is 10.3 Å². The predicted octanol–water partition coefficient (Wildman–Crippen LogP) is 1.14. The largest absolute Gasteiger partial charge is 0.444 e. The van der Waals surface area contributed by atoms with Crippen LogP contribution in [0.15, 0.2) is 5.11 Å². The highest BCUT2D eigenvalue weighted by atomic mass is 16.6. The molecule has 1 aliphatic heterocycles. The number of hydrogen-bond acceptors (Lipinski definition) is 3. The van der Waals surface area contributed by atoms with E-state index in [1.54, 1.807) is 7.05 Å². The summed E-state index contributed by atoms with van der Waals surface area (Å²) in [6, 6.07) is -0.0250. The van der Waals surface area contributed by atoms with Crippen molar-refractivity contribution in [1.29, 1.82) is 0 Å². The summed E-state index contributed by atoms with van der Waals surface area (Å²) in [5.74, 6) is 0. The molecule has 0 aromatic heterocycles. The Labute approximate surface area is 69.7 Å². The van der Waals surface area contributed by atoms with E-state index >= 15 is 0 Å². The lowest BCUT2D eigenvalue weighted by Crippen LogP contribution is -2.31. The van der Waals surface area contributed by atoms with Crippen molar-refractivity contribution in [1.82, 2.24) is 4.90 Å². The molecule has 66 valence electrons.